The van der Waals surface area contributed by atoms with Crippen molar-refractivity contribution in [3.63, 3.8) is 0 Å². The second-order valence-corrected chi connectivity index (χ2v) is 11.7. The molecule has 0 saturated carbocycles. The van der Waals surface area contributed by atoms with Gasteiger partial charge >= 0.3 is 0 Å². The van der Waals surface area contributed by atoms with Gasteiger partial charge < -0.3 is 71.6 Å². The molecule has 0 aliphatic heterocycles. The number of nitrogens with one attached hydrogen (secondary N) is 4. The number of primary amides is 2. The molecule has 0 radical (unpaired) electrons. The Morgan fingerprint density at radius 1 is 0.667 bits per heavy atom. The van der Waals surface area contributed by atoms with Gasteiger partial charge in [0.25, 0.3) is 0 Å². The summed E-state index contributed by atoms with van der Waals surface area (Å²) in [6, 6.07) is -0.822. The van der Waals surface area contributed by atoms with Crippen molar-refractivity contribution >= 4 is 47.4 Å². The molecule has 0 spiro atoms. The number of aliphatic hydroxyl groups excluding tert-OH is 1. The molecule has 21 heteroatoms. The molecule has 0 aromatic heterocycles. The molecule has 0 bridgehead atoms. The van der Waals surface area contributed by atoms with E-state index in [2.05, 4.69) is 31.3 Å². The minimum Gasteiger partial charge on any atom is -0.508 e. The van der Waals surface area contributed by atoms with E-state index >= 15 is 0 Å². The van der Waals surface area contributed by atoms with E-state index in [0.717, 1.165) is 0 Å². The summed E-state index contributed by atoms with van der Waals surface area (Å²) >= 11 is 0. The highest BCUT2D eigenvalue weighted by Gasteiger charge is 2.32. The Morgan fingerprint density at radius 2 is 1.08 bits per heavy atom. The largest absolute Gasteiger partial charge is 0.508 e. The summed E-state index contributed by atoms with van der Waals surface area (Å²) in [6.45, 7) is 1.45. The Labute approximate surface area is 294 Å². The second-order valence-electron chi connectivity index (χ2n) is 11.7. The third-order valence-corrected chi connectivity index (χ3v) is 7.33. The lowest BCUT2D eigenvalue weighted by Gasteiger charge is -2.27. The van der Waals surface area contributed by atoms with E-state index in [4.69, 9.17) is 40.1 Å². The summed E-state index contributed by atoms with van der Waals surface area (Å²) in [5.74, 6) is -5.53. The average Bonchev–Trinajstić information content (AvgIpc) is 3.05. The lowest BCUT2D eigenvalue weighted by molar-refractivity contribution is -0.135. The number of aromatic hydroxyl groups is 1. The predicted octanol–water partition coefficient (Wildman–Crippen LogP) is -5.56. The number of nitrogens with two attached hydrogens (primary N) is 7. The SMILES string of the molecule is CC(O)C(N)C(=O)NC(CCCN=C(N)N)C(=O)NC(CCC(N)=O)C(=O)NC(CCCN=C(N)N)C(=O)NC(Cc1ccc(O)cc1)C(N)=O. The third kappa shape index (κ3) is 17.5. The molecule has 0 heterocycles. The normalized spacial score (nSPS) is 14.3. The van der Waals surface area contributed by atoms with Crippen LogP contribution in [0.25, 0.3) is 0 Å². The van der Waals surface area contributed by atoms with Crippen LogP contribution >= 0.6 is 0 Å². The van der Waals surface area contributed by atoms with Crippen LogP contribution in [-0.2, 0) is 35.2 Å². The zero-order chi connectivity index (χ0) is 38.7. The standard InChI is InChI=1S/C30H51N13O8/c1-15(44)23(32)28(51)42-19(5-3-13-39-30(36)37)25(48)41-20(10-11-22(31)46)27(50)40-18(4-2-12-38-29(34)35)26(49)43-21(24(33)47)14-16-6-8-17(45)9-7-16/h6-9,15,18-21,23,44-45H,2-5,10-14,32H2,1H3,(H2,31,46)(H2,33,47)(H,40,50)(H,41,48)(H,42,51)(H,43,49)(H4,34,35,38)(H4,36,37,39). The van der Waals surface area contributed by atoms with Gasteiger partial charge in [-0.2, -0.15) is 0 Å². The monoisotopic (exact) mass is 721 g/mol. The van der Waals surface area contributed by atoms with E-state index in [1.54, 1.807) is 0 Å². The maximum atomic E-state index is 13.6. The van der Waals surface area contributed by atoms with Gasteiger partial charge in [0.05, 0.1) is 6.10 Å². The highest BCUT2D eigenvalue weighted by atomic mass is 16.3. The molecule has 0 aliphatic carbocycles. The van der Waals surface area contributed by atoms with Crippen molar-refractivity contribution in [1.82, 2.24) is 21.3 Å². The molecular weight excluding hydrogens is 670 g/mol. The lowest BCUT2D eigenvalue weighted by Crippen LogP contribution is -2.59. The summed E-state index contributed by atoms with van der Waals surface area (Å²) < 4.78 is 0. The Bertz CT molecular complexity index is 1400. The molecule has 6 amide bonds. The quantitative estimate of drug-likeness (QED) is 0.0285. The number of phenols is 1. The van der Waals surface area contributed by atoms with E-state index in [9.17, 15) is 39.0 Å². The molecule has 1 aromatic carbocycles. The first-order valence-electron chi connectivity index (χ1n) is 16.0. The van der Waals surface area contributed by atoms with Crippen molar-refractivity contribution in [3.8, 4) is 5.75 Å². The van der Waals surface area contributed by atoms with Crippen molar-refractivity contribution in [1.29, 1.82) is 0 Å². The van der Waals surface area contributed by atoms with Gasteiger partial charge in [0.1, 0.15) is 36.0 Å². The molecule has 1 rings (SSSR count). The first kappa shape index (κ1) is 43.3. The molecule has 0 saturated heterocycles. The topological polar surface area (TPSA) is 398 Å². The van der Waals surface area contributed by atoms with Crippen LogP contribution in [0.1, 0.15) is 51.0 Å². The minimum atomic E-state index is -1.45. The minimum absolute atomic E-state index is 0.0112. The molecular formula is C30H51N13O8. The molecule has 0 aliphatic rings. The fourth-order valence-electron chi connectivity index (χ4n) is 4.49. The molecule has 6 unspecified atom stereocenters. The number of benzene rings is 1. The van der Waals surface area contributed by atoms with Crippen molar-refractivity contribution in [2.75, 3.05) is 13.1 Å². The first-order valence-corrected chi connectivity index (χ1v) is 16.0. The van der Waals surface area contributed by atoms with Crippen LogP contribution in [0.4, 0.5) is 0 Å². The van der Waals surface area contributed by atoms with Gasteiger partial charge in [-0.15, -0.1) is 0 Å². The van der Waals surface area contributed by atoms with Gasteiger partial charge in [0, 0.05) is 25.9 Å². The number of carbonyl (C=O) groups excluding carboxylic acids is 6. The molecule has 51 heavy (non-hydrogen) atoms. The van der Waals surface area contributed by atoms with Crippen molar-refractivity contribution in [2.24, 2.45) is 50.1 Å². The number of amides is 6. The van der Waals surface area contributed by atoms with Gasteiger partial charge in [-0.1, -0.05) is 12.1 Å². The van der Waals surface area contributed by atoms with E-state index in [0.29, 0.717) is 5.56 Å². The summed E-state index contributed by atoms with van der Waals surface area (Å²) in [5, 5.41) is 29.3. The fraction of sp³-hybridized carbons (Fsp3) is 0.533. The zero-order valence-electron chi connectivity index (χ0n) is 28.4. The van der Waals surface area contributed by atoms with Gasteiger partial charge in [-0.05, 0) is 56.7 Å². The number of nitrogens with zero attached hydrogens (tertiary/aromatic N) is 2. The zero-order valence-corrected chi connectivity index (χ0v) is 28.4. The highest BCUT2D eigenvalue weighted by Crippen LogP contribution is 2.12. The number of rotatable bonds is 23. The Kier molecular flexibility index (Phi) is 18.8. The fourth-order valence-corrected chi connectivity index (χ4v) is 4.49. The lowest BCUT2D eigenvalue weighted by atomic mass is 10.0. The number of hydrogen-bond donors (Lipinski definition) is 13. The molecule has 6 atom stereocenters. The molecule has 20 N–H and O–H groups in total. The predicted molar refractivity (Wildman–Crippen MR) is 187 cm³/mol. The van der Waals surface area contributed by atoms with E-state index in [1.165, 1.54) is 31.2 Å². The van der Waals surface area contributed by atoms with Crippen molar-refractivity contribution in [2.45, 2.75) is 88.2 Å². The number of carbonyl (C=O) groups is 6. The second kappa shape index (κ2) is 22.1. The van der Waals surface area contributed by atoms with Crippen LogP contribution in [0, 0.1) is 0 Å². The van der Waals surface area contributed by atoms with Crippen LogP contribution in [-0.4, -0.2) is 107 Å². The maximum Gasteiger partial charge on any atom is 0.243 e. The summed E-state index contributed by atoms with van der Waals surface area (Å²) in [7, 11) is 0. The average molecular weight is 722 g/mol. The van der Waals surface area contributed by atoms with Crippen LogP contribution in [0.5, 0.6) is 5.75 Å². The third-order valence-electron chi connectivity index (χ3n) is 7.33. The van der Waals surface area contributed by atoms with Crippen molar-refractivity contribution in [3.05, 3.63) is 29.8 Å². The van der Waals surface area contributed by atoms with Gasteiger partial charge in [0.15, 0.2) is 11.9 Å². The highest BCUT2D eigenvalue weighted by molar-refractivity contribution is 5.96. The van der Waals surface area contributed by atoms with Gasteiger partial charge in [-0.25, -0.2) is 0 Å². The summed E-state index contributed by atoms with van der Waals surface area (Å²) in [4.78, 5) is 84.9. The van der Waals surface area contributed by atoms with Crippen LogP contribution in [0.15, 0.2) is 34.3 Å². The summed E-state index contributed by atoms with van der Waals surface area (Å²) in [5.41, 5.74) is 38.6. The number of aliphatic imine (C=N–C) groups is 2. The van der Waals surface area contributed by atoms with Crippen LogP contribution in [0.2, 0.25) is 0 Å². The van der Waals surface area contributed by atoms with Crippen LogP contribution in [0.3, 0.4) is 0 Å². The summed E-state index contributed by atoms with van der Waals surface area (Å²) in [6.07, 6.45) is -1.65. The molecule has 21 nitrogen and oxygen atoms in total. The number of phenolic OH excluding ortho intramolecular Hbond substituents is 1. The van der Waals surface area contributed by atoms with Gasteiger partial charge in [-0.3, -0.25) is 38.8 Å². The Morgan fingerprint density at radius 3 is 1.47 bits per heavy atom. The maximum absolute atomic E-state index is 13.6. The molecule has 0 fully saturated rings. The number of guanidine groups is 2. The first-order chi connectivity index (χ1) is 23.9. The molecule has 284 valence electrons. The van der Waals surface area contributed by atoms with Crippen LogP contribution < -0.4 is 61.4 Å². The number of aliphatic hydroxyl groups is 1. The van der Waals surface area contributed by atoms with Gasteiger partial charge in [0.2, 0.25) is 35.4 Å². The van der Waals surface area contributed by atoms with E-state index in [-0.39, 0.29) is 75.7 Å². The Hall–Kier alpha value is -5.70. The smallest absolute Gasteiger partial charge is 0.243 e. The van der Waals surface area contributed by atoms with E-state index < -0.39 is 71.8 Å². The molecule has 1 aromatic rings. The van der Waals surface area contributed by atoms with Crippen molar-refractivity contribution < 1.29 is 39.0 Å². The Balaban J connectivity index is 3.30. The number of hydrogen-bond acceptors (Lipinski definition) is 11. The van der Waals surface area contributed by atoms with E-state index in [1.807, 2.05) is 0 Å².